The Bertz CT molecular complexity index is 536. The molecule has 0 aliphatic heterocycles. The maximum atomic E-state index is 5.81. The second-order valence-corrected chi connectivity index (χ2v) is 5.29. The second-order valence-electron chi connectivity index (χ2n) is 5.29. The van der Waals surface area contributed by atoms with Crippen LogP contribution in [0.2, 0.25) is 0 Å². The fourth-order valence-electron chi connectivity index (χ4n) is 2.09. The van der Waals surface area contributed by atoms with Gasteiger partial charge in [0.2, 0.25) is 6.29 Å². The first kappa shape index (κ1) is 16.4. The Morgan fingerprint density at radius 2 is 1.59 bits per heavy atom. The van der Waals surface area contributed by atoms with Crippen LogP contribution in [-0.2, 0) is 4.74 Å². The molecule has 0 aliphatic rings. The van der Waals surface area contributed by atoms with Crippen LogP contribution in [-0.4, -0.2) is 20.0 Å². The van der Waals surface area contributed by atoms with Crippen molar-refractivity contribution in [2.24, 2.45) is 0 Å². The Morgan fingerprint density at radius 1 is 0.909 bits per heavy atom. The molecule has 0 bridgehead atoms. The molecule has 2 atom stereocenters. The number of benzene rings is 2. The number of ether oxygens (including phenoxy) is 3. The average Bonchev–Trinajstić information content (AvgIpc) is 2.59. The molecule has 2 aromatic carbocycles. The molecule has 0 saturated heterocycles. The molecule has 3 nitrogen and oxygen atoms in total. The highest BCUT2D eigenvalue weighted by molar-refractivity contribution is 5.29. The van der Waals surface area contributed by atoms with Gasteiger partial charge < -0.3 is 14.2 Å². The fourth-order valence-corrected chi connectivity index (χ4v) is 2.09. The lowest BCUT2D eigenvalue weighted by Gasteiger charge is -2.18. The van der Waals surface area contributed by atoms with Crippen LogP contribution in [0.3, 0.4) is 0 Å². The van der Waals surface area contributed by atoms with Gasteiger partial charge in [-0.2, -0.15) is 0 Å². The summed E-state index contributed by atoms with van der Waals surface area (Å²) in [6.07, 6.45) is 0.695. The SMILES string of the molecule is CCC(C)c1ccc(OC(COc2ccccc2)OC)cc1. The molecule has 0 aromatic heterocycles. The molecule has 118 valence electrons. The highest BCUT2D eigenvalue weighted by Gasteiger charge is 2.11. The third kappa shape index (κ3) is 4.78. The number of hydrogen-bond acceptors (Lipinski definition) is 3. The van der Waals surface area contributed by atoms with Crippen LogP contribution in [0.15, 0.2) is 54.6 Å². The summed E-state index contributed by atoms with van der Waals surface area (Å²) in [7, 11) is 1.62. The predicted molar refractivity (Wildman–Crippen MR) is 88.5 cm³/mol. The normalized spacial score (nSPS) is 13.4. The van der Waals surface area contributed by atoms with Crippen molar-refractivity contribution in [3.63, 3.8) is 0 Å². The van der Waals surface area contributed by atoms with Crippen molar-refractivity contribution < 1.29 is 14.2 Å². The highest BCUT2D eigenvalue weighted by atomic mass is 16.7. The standard InChI is InChI=1S/C19H24O3/c1-4-15(2)16-10-12-18(13-11-16)22-19(20-3)14-21-17-8-6-5-7-9-17/h5-13,15,19H,4,14H2,1-3H3. The monoisotopic (exact) mass is 300 g/mol. The summed E-state index contributed by atoms with van der Waals surface area (Å²) in [6, 6.07) is 17.8. The van der Waals surface area contributed by atoms with Crippen LogP contribution in [0.4, 0.5) is 0 Å². The molecule has 0 radical (unpaired) electrons. The van der Waals surface area contributed by atoms with Crippen LogP contribution in [0.5, 0.6) is 11.5 Å². The lowest BCUT2D eigenvalue weighted by molar-refractivity contribution is -0.0781. The van der Waals surface area contributed by atoms with Gasteiger partial charge in [-0.3, -0.25) is 0 Å². The lowest BCUT2D eigenvalue weighted by Crippen LogP contribution is -2.26. The Kier molecular flexibility index (Phi) is 6.28. The first-order valence-electron chi connectivity index (χ1n) is 7.70. The van der Waals surface area contributed by atoms with Crippen LogP contribution >= 0.6 is 0 Å². The van der Waals surface area contributed by atoms with Gasteiger partial charge in [-0.25, -0.2) is 0 Å². The summed E-state index contributed by atoms with van der Waals surface area (Å²) in [5.74, 6) is 2.16. The third-order valence-corrected chi connectivity index (χ3v) is 3.72. The summed E-state index contributed by atoms with van der Waals surface area (Å²) >= 11 is 0. The average molecular weight is 300 g/mol. The first-order valence-corrected chi connectivity index (χ1v) is 7.70. The van der Waals surface area contributed by atoms with E-state index in [1.165, 1.54) is 5.56 Å². The smallest absolute Gasteiger partial charge is 0.234 e. The first-order chi connectivity index (χ1) is 10.7. The molecule has 2 aromatic rings. The van der Waals surface area contributed by atoms with E-state index >= 15 is 0 Å². The topological polar surface area (TPSA) is 27.7 Å². The molecule has 0 N–H and O–H groups in total. The van der Waals surface area contributed by atoms with Crippen LogP contribution in [0.1, 0.15) is 31.7 Å². The van der Waals surface area contributed by atoms with Gasteiger partial charge in [-0.15, -0.1) is 0 Å². The van der Waals surface area contributed by atoms with Gasteiger partial charge in [0.15, 0.2) is 6.61 Å². The molecule has 0 fully saturated rings. The summed E-state index contributed by atoms with van der Waals surface area (Å²) in [5, 5.41) is 0. The Labute approximate surface area is 132 Å². The lowest BCUT2D eigenvalue weighted by atomic mass is 9.99. The van der Waals surface area contributed by atoms with Gasteiger partial charge in [0.1, 0.15) is 11.5 Å². The van der Waals surface area contributed by atoms with Crippen LogP contribution in [0.25, 0.3) is 0 Å². The van der Waals surface area contributed by atoms with Gasteiger partial charge >= 0.3 is 0 Å². The minimum Gasteiger partial charge on any atom is -0.487 e. The molecular weight excluding hydrogens is 276 g/mol. The van der Waals surface area contributed by atoms with Crippen molar-refractivity contribution in [2.45, 2.75) is 32.5 Å². The molecule has 2 rings (SSSR count). The van der Waals surface area contributed by atoms with Crippen molar-refractivity contribution in [3.8, 4) is 11.5 Å². The van der Waals surface area contributed by atoms with E-state index < -0.39 is 6.29 Å². The molecule has 2 unspecified atom stereocenters. The maximum absolute atomic E-state index is 5.81. The quantitative estimate of drug-likeness (QED) is 0.665. The second kappa shape index (κ2) is 8.44. The van der Waals surface area contributed by atoms with Gasteiger partial charge in [0, 0.05) is 7.11 Å². The van der Waals surface area contributed by atoms with Crippen LogP contribution < -0.4 is 9.47 Å². The number of hydrogen-bond donors (Lipinski definition) is 0. The Hall–Kier alpha value is -2.00. The zero-order valence-corrected chi connectivity index (χ0v) is 13.5. The van der Waals surface area contributed by atoms with E-state index in [2.05, 4.69) is 26.0 Å². The van der Waals surface area contributed by atoms with E-state index in [-0.39, 0.29) is 0 Å². The number of rotatable bonds is 8. The van der Waals surface area contributed by atoms with Gasteiger partial charge in [0.25, 0.3) is 0 Å². The Balaban J connectivity index is 1.89. The molecule has 0 heterocycles. The van der Waals surface area contributed by atoms with E-state index in [0.29, 0.717) is 12.5 Å². The molecule has 3 heteroatoms. The van der Waals surface area contributed by atoms with Gasteiger partial charge in [0.05, 0.1) is 0 Å². The third-order valence-electron chi connectivity index (χ3n) is 3.72. The van der Waals surface area contributed by atoms with Crippen molar-refractivity contribution in [1.82, 2.24) is 0 Å². The minimum atomic E-state index is -0.436. The summed E-state index contributed by atoms with van der Waals surface area (Å²) in [6.45, 7) is 4.76. The predicted octanol–water partition coefficient (Wildman–Crippen LogP) is 4.63. The fraction of sp³-hybridized carbons (Fsp3) is 0.368. The minimum absolute atomic E-state index is 0.341. The van der Waals surface area contributed by atoms with Crippen molar-refractivity contribution in [1.29, 1.82) is 0 Å². The maximum Gasteiger partial charge on any atom is 0.234 e. The molecule has 22 heavy (non-hydrogen) atoms. The van der Waals surface area contributed by atoms with Crippen molar-refractivity contribution in [2.75, 3.05) is 13.7 Å². The van der Waals surface area contributed by atoms with Crippen molar-refractivity contribution in [3.05, 3.63) is 60.2 Å². The molecule has 0 spiro atoms. The van der Waals surface area contributed by atoms with E-state index in [9.17, 15) is 0 Å². The zero-order chi connectivity index (χ0) is 15.8. The Morgan fingerprint density at radius 3 is 2.18 bits per heavy atom. The zero-order valence-electron chi connectivity index (χ0n) is 13.5. The highest BCUT2D eigenvalue weighted by Crippen LogP contribution is 2.22. The van der Waals surface area contributed by atoms with Gasteiger partial charge in [-0.05, 0) is 42.2 Å². The van der Waals surface area contributed by atoms with E-state index in [1.807, 2.05) is 42.5 Å². The molecular formula is C19H24O3. The summed E-state index contributed by atoms with van der Waals surface area (Å²) < 4.78 is 16.8. The van der Waals surface area contributed by atoms with E-state index in [4.69, 9.17) is 14.2 Å². The van der Waals surface area contributed by atoms with E-state index in [0.717, 1.165) is 17.9 Å². The number of para-hydroxylation sites is 1. The van der Waals surface area contributed by atoms with E-state index in [1.54, 1.807) is 7.11 Å². The van der Waals surface area contributed by atoms with Gasteiger partial charge in [-0.1, -0.05) is 44.2 Å². The summed E-state index contributed by atoms with van der Waals surface area (Å²) in [5.41, 5.74) is 1.32. The van der Waals surface area contributed by atoms with Crippen molar-refractivity contribution >= 4 is 0 Å². The van der Waals surface area contributed by atoms with Crippen LogP contribution in [0, 0.1) is 0 Å². The molecule has 0 aliphatic carbocycles. The largest absolute Gasteiger partial charge is 0.487 e. The number of methoxy groups -OCH3 is 1. The summed E-state index contributed by atoms with van der Waals surface area (Å²) in [4.78, 5) is 0. The molecule has 0 amide bonds. The molecule has 0 saturated carbocycles.